The molecule has 256 valence electrons. The van der Waals surface area contributed by atoms with Gasteiger partial charge in [0, 0.05) is 18.2 Å². The van der Waals surface area contributed by atoms with Crippen molar-refractivity contribution >= 4 is 0 Å². The standard InChI is InChI=1S/C45H45N5O/c1-4-44(2,3)30-39-31-50(45(36-16-8-5-9-17-36,37-18-10-6-11-19-37)38-20-12-7-13-21-38)43(48-39)29-26-34-24-27-35(28-25-34)40-22-14-15-23-41(40)51-32-42-46-33-47-49-42/h5-25,27-28,31,33H,4,26,29-30,32H2,1-3H3,(H,46,47,49). The second-order valence-corrected chi connectivity index (χ2v) is 13.9. The first-order valence-electron chi connectivity index (χ1n) is 17.9. The van der Waals surface area contributed by atoms with Crippen molar-refractivity contribution in [2.45, 2.75) is 58.6 Å². The monoisotopic (exact) mass is 671 g/mol. The third-order valence-electron chi connectivity index (χ3n) is 10.0. The average molecular weight is 672 g/mol. The molecule has 0 radical (unpaired) electrons. The molecule has 0 aliphatic carbocycles. The Morgan fingerprint density at radius 2 is 1.27 bits per heavy atom. The van der Waals surface area contributed by atoms with Gasteiger partial charge in [-0.05, 0) is 52.1 Å². The van der Waals surface area contributed by atoms with E-state index in [0.717, 1.165) is 54.1 Å². The van der Waals surface area contributed by atoms with E-state index in [1.807, 2.05) is 18.2 Å². The summed E-state index contributed by atoms with van der Waals surface area (Å²) < 4.78 is 8.60. The number of hydrogen-bond donors (Lipinski definition) is 1. The summed E-state index contributed by atoms with van der Waals surface area (Å²) >= 11 is 0. The van der Waals surface area contributed by atoms with E-state index in [4.69, 9.17) is 9.72 Å². The van der Waals surface area contributed by atoms with Crippen LogP contribution in [0.25, 0.3) is 11.1 Å². The molecule has 0 saturated carbocycles. The number of aromatic amines is 1. The number of benzene rings is 5. The highest BCUT2D eigenvalue weighted by Crippen LogP contribution is 2.42. The number of imidazole rings is 1. The highest BCUT2D eigenvalue weighted by atomic mass is 16.5. The van der Waals surface area contributed by atoms with Crippen LogP contribution in [0.1, 0.15) is 66.8 Å². The summed E-state index contributed by atoms with van der Waals surface area (Å²) in [5.74, 6) is 2.57. The van der Waals surface area contributed by atoms with E-state index in [1.165, 1.54) is 22.3 Å². The summed E-state index contributed by atoms with van der Waals surface area (Å²) in [7, 11) is 0. The van der Waals surface area contributed by atoms with Crippen molar-refractivity contribution in [2.24, 2.45) is 5.41 Å². The summed E-state index contributed by atoms with van der Waals surface area (Å²) in [5, 5.41) is 7.91. The lowest BCUT2D eigenvalue weighted by atomic mass is 9.76. The van der Waals surface area contributed by atoms with Crippen LogP contribution in [-0.2, 0) is 31.4 Å². The van der Waals surface area contributed by atoms with E-state index in [9.17, 15) is 0 Å². The van der Waals surface area contributed by atoms with Crippen molar-refractivity contribution in [3.05, 3.63) is 192 Å². The lowest BCUT2D eigenvalue weighted by Gasteiger charge is -2.38. The predicted octanol–water partition coefficient (Wildman–Crippen LogP) is 9.85. The van der Waals surface area contributed by atoms with Crippen LogP contribution >= 0.6 is 0 Å². The van der Waals surface area contributed by atoms with Crippen molar-refractivity contribution in [1.29, 1.82) is 0 Å². The zero-order chi connectivity index (χ0) is 35.1. The number of nitrogens with zero attached hydrogens (tertiary/aromatic N) is 4. The third-order valence-corrected chi connectivity index (χ3v) is 10.0. The van der Waals surface area contributed by atoms with Gasteiger partial charge in [0.2, 0.25) is 0 Å². The number of H-pyrrole nitrogens is 1. The SMILES string of the molecule is CCC(C)(C)Cc1cn(C(c2ccccc2)(c2ccccc2)c2ccccc2)c(CCc2ccc(-c3ccccc3OCc3nnc[nH]3)cc2)n1. The Kier molecular flexibility index (Phi) is 9.93. The van der Waals surface area contributed by atoms with Crippen molar-refractivity contribution in [2.75, 3.05) is 0 Å². The topological polar surface area (TPSA) is 68.6 Å². The van der Waals surface area contributed by atoms with E-state index in [0.29, 0.717) is 12.4 Å². The Balaban J connectivity index is 1.26. The molecule has 6 nitrogen and oxygen atoms in total. The van der Waals surface area contributed by atoms with Gasteiger partial charge in [-0.25, -0.2) is 4.98 Å². The Morgan fingerprint density at radius 1 is 0.686 bits per heavy atom. The van der Waals surface area contributed by atoms with Crippen LogP contribution < -0.4 is 4.74 Å². The van der Waals surface area contributed by atoms with E-state index in [1.54, 1.807) is 6.33 Å². The van der Waals surface area contributed by atoms with E-state index < -0.39 is 5.54 Å². The number of aryl methyl sites for hydroxylation is 2. The highest BCUT2D eigenvalue weighted by molar-refractivity contribution is 5.70. The van der Waals surface area contributed by atoms with Crippen LogP contribution in [0.15, 0.2) is 152 Å². The van der Waals surface area contributed by atoms with Gasteiger partial charge in [0.05, 0.1) is 5.69 Å². The number of hydrogen-bond acceptors (Lipinski definition) is 4. The lowest BCUT2D eigenvalue weighted by Crippen LogP contribution is -2.38. The molecule has 0 fully saturated rings. The molecule has 6 heteroatoms. The third kappa shape index (κ3) is 7.27. The molecule has 0 bridgehead atoms. The van der Waals surface area contributed by atoms with Gasteiger partial charge in [-0.15, -0.1) is 10.2 Å². The first-order chi connectivity index (χ1) is 25.0. The van der Waals surface area contributed by atoms with Crippen molar-refractivity contribution in [3.8, 4) is 16.9 Å². The van der Waals surface area contributed by atoms with Gasteiger partial charge in [-0.3, -0.25) is 0 Å². The molecule has 51 heavy (non-hydrogen) atoms. The number of ether oxygens (including phenoxy) is 1. The van der Waals surface area contributed by atoms with Crippen LogP contribution in [0.2, 0.25) is 0 Å². The minimum absolute atomic E-state index is 0.135. The molecule has 7 rings (SSSR count). The van der Waals surface area contributed by atoms with Gasteiger partial charge in [0.15, 0.2) is 5.82 Å². The average Bonchev–Trinajstić information content (AvgIpc) is 3.85. The van der Waals surface area contributed by atoms with Gasteiger partial charge in [0.1, 0.15) is 30.0 Å². The fourth-order valence-electron chi connectivity index (χ4n) is 6.98. The zero-order valence-corrected chi connectivity index (χ0v) is 29.7. The van der Waals surface area contributed by atoms with Crippen LogP contribution in [0.5, 0.6) is 5.75 Å². The zero-order valence-electron chi connectivity index (χ0n) is 29.7. The van der Waals surface area contributed by atoms with Gasteiger partial charge < -0.3 is 14.3 Å². The molecule has 0 aliphatic heterocycles. The number of nitrogens with one attached hydrogen (secondary N) is 1. The maximum atomic E-state index is 6.13. The Hall–Kier alpha value is -5.75. The largest absolute Gasteiger partial charge is 0.485 e. The first kappa shape index (κ1) is 33.7. The predicted molar refractivity (Wildman–Crippen MR) is 205 cm³/mol. The second-order valence-electron chi connectivity index (χ2n) is 13.9. The van der Waals surface area contributed by atoms with E-state index >= 15 is 0 Å². The lowest BCUT2D eigenvalue weighted by molar-refractivity contribution is 0.297. The summed E-state index contributed by atoms with van der Waals surface area (Å²) in [6.45, 7) is 7.27. The minimum Gasteiger partial charge on any atom is -0.485 e. The maximum Gasteiger partial charge on any atom is 0.168 e. The normalized spacial score (nSPS) is 11.8. The van der Waals surface area contributed by atoms with Crippen molar-refractivity contribution in [1.82, 2.24) is 24.7 Å². The highest BCUT2D eigenvalue weighted by Gasteiger charge is 2.40. The number of rotatable bonds is 14. The summed E-state index contributed by atoms with van der Waals surface area (Å²) in [6, 6.07) is 49.7. The minimum atomic E-state index is -0.611. The smallest absolute Gasteiger partial charge is 0.168 e. The van der Waals surface area contributed by atoms with Crippen LogP contribution in [0, 0.1) is 5.41 Å². The van der Waals surface area contributed by atoms with E-state index in [-0.39, 0.29) is 5.41 Å². The molecule has 0 unspecified atom stereocenters. The van der Waals surface area contributed by atoms with Crippen LogP contribution in [-0.4, -0.2) is 24.7 Å². The Morgan fingerprint density at radius 3 is 1.84 bits per heavy atom. The number of para-hydroxylation sites is 1. The molecular weight excluding hydrogens is 627 g/mol. The van der Waals surface area contributed by atoms with Gasteiger partial charge in [-0.2, -0.15) is 0 Å². The number of aromatic nitrogens is 5. The van der Waals surface area contributed by atoms with Crippen LogP contribution in [0.4, 0.5) is 0 Å². The molecule has 1 N–H and O–H groups in total. The fourth-order valence-corrected chi connectivity index (χ4v) is 6.98. The molecule has 0 saturated heterocycles. The molecule has 2 aromatic heterocycles. The molecule has 5 aromatic carbocycles. The summed E-state index contributed by atoms with van der Waals surface area (Å²) in [5.41, 5.74) is 7.67. The fraction of sp³-hybridized carbons (Fsp3) is 0.222. The molecule has 2 heterocycles. The first-order valence-corrected chi connectivity index (χ1v) is 17.9. The molecular formula is C45H45N5O. The van der Waals surface area contributed by atoms with Crippen molar-refractivity contribution in [3.63, 3.8) is 0 Å². The maximum absolute atomic E-state index is 6.13. The van der Waals surface area contributed by atoms with Crippen LogP contribution in [0.3, 0.4) is 0 Å². The molecule has 0 aliphatic rings. The van der Waals surface area contributed by atoms with E-state index in [2.05, 4.69) is 168 Å². The molecule has 7 aromatic rings. The van der Waals surface area contributed by atoms with Gasteiger partial charge >= 0.3 is 0 Å². The second kappa shape index (κ2) is 15.0. The van der Waals surface area contributed by atoms with Gasteiger partial charge in [-0.1, -0.05) is 161 Å². The quantitative estimate of drug-likeness (QED) is 0.117. The summed E-state index contributed by atoms with van der Waals surface area (Å²) in [6.07, 6.45) is 7.52. The van der Waals surface area contributed by atoms with Crippen molar-refractivity contribution < 1.29 is 4.74 Å². The summed E-state index contributed by atoms with van der Waals surface area (Å²) in [4.78, 5) is 8.46. The molecule has 0 atom stereocenters. The Labute approximate surface area is 301 Å². The van der Waals surface area contributed by atoms with Gasteiger partial charge in [0.25, 0.3) is 0 Å². The molecule has 0 spiro atoms. The Bertz CT molecular complexity index is 2020. The molecule has 0 amide bonds.